The Morgan fingerprint density at radius 2 is 2.15 bits per heavy atom. The van der Waals surface area contributed by atoms with Crippen molar-refractivity contribution in [2.45, 2.75) is 26.8 Å². The molecule has 0 saturated heterocycles. The van der Waals surface area contributed by atoms with E-state index in [1.54, 1.807) is 0 Å². The van der Waals surface area contributed by atoms with Crippen molar-refractivity contribution >= 4 is 5.97 Å². The summed E-state index contributed by atoms with van der Waals surface area (Å²) in [5.41, 5.74) is -0.191. The number of esters is 1. The van der Waals surface area contributed by atoms with Crippen molar-refractivity contribution in [1.29, 1.82) is 0 Å². The van der Waals surface area contributed by atoms with Gasteiger partial charge in [-0.25, -0.2) is 0 Å². The minimum atomic E-state index is -0.353. The third-order valence-electron chi connectivity index (χ3n) is 1.71. The molecule has 1 unspecified atom stereocenters. The summed E-state index contributed by atoms with van der Waals surface area (Å²) in [6.45, 7) is 6.24. The van der Waals surface area contributed by atoms with Gasteiger partial charge in [0.15, 0.2) is 0 Å². The Morgan fingerprint density at radius 3 is 2.46 bits per heavy atom. The van der Waals surface area contributed by atoms with Crippen LogP contribution in [0, 0.1) is 17.8 Å². The zero-order valence-electron chi connectivity index (χ0n) is 8.68. The molecule has 0 radical (unpaired) electrons. The van der Waals surface area contributed by atoms with Gasteiger partial charge in [-0.1, -0.05) is 26.7 Å². The summed E-state index contributed by atoms with van der Waals surface area (Å²) in [5.74, 6) is 2.16. The molecule has 1 N–H and O–H groups in total. The number of carbonyl (C=O) groups excluding carboxylic acids is 1. The Hall–Kier alpha value is -1.01. The first-order chi connectivity index (χ1) is 5.93. The third-order valence-corrected chi connectivity index (χ3v) is 1.71. The Bertz CT molecular complexity index is 210. The number of terminal acetylenes is 1. The summed E-state index contributed by atoms with van der Waals surface area (Å²) >= 11 is 0. The highest BCUT2D eigenvalue weighted by atomic mass is 16.5. The Kier molecular flexibility index (Phi) is 4.50. The van der Waals surface area contributed by atoms with Crippen molar-refractivity contribution in [3.05, 3.63) is 0 Å². The molecule has 0 saturated carbocycles. The van der Waals surface area contributed by atoms with Crippen LogP contribution in [0.25, 0.3) is 0 Å². The van der Waals surface area contributed by atoms with Crippen LogP contribution in [0.3, 0.4) is 0 Å². The number of ether oxygens (including phenoxy) is 1. The molecule has 1 atom stereocenters. The second-order valence-electron chi connectivity index (χ2n) is 3.91. The summed E-state index contributed by atoms with van der Waals surface area (Å²) in [4.78, 5) is 11.3. The van der Waals surface area contributed by atoms with E-state index in [4.69, 9.17) is 6.42 Å². The molecule has 0 aromatic rings. The fourth-order valence-corrected chi connectivity index (χ4v) is 1.02. The van der Waals surface area contributed by atoms with Gasteiger partial charge in [-0.15, -0.1) is 6.42 Å². The van der Waals surface area contributed by atoms with Crippen molar-refractivity contribution in [1.82, 2.24) is 5.32 Å². The maximum Gasteiger partial charge on any atom is 0.323 e. The molecule has 0 fully saturated rings. The van der Waals surface area contributed by atoms with Crippen LogP contribution in [0.2, 0.25) is 0 Å². The van der Waals surface area contributed by atoms with E-state index < -0.39 is 0 Å². The maximum absolute atomic E-state index is 11.3. The standard InChI is InChI=1S/C10H17NO2/c1-6-7-11-8(9(12)13-5)10(2,3)4/h1,8,11H,7H2,2-5H3. The average molecular weight is 183 g/mol. The first-order valence-electron chi connectivity index (χ1n) is 4.18. The lowest BCUT2D eigenvalue weighted by Gasteiger charge is -2.28. The highest BCUT2D eigenvalue weighted by Crippen LogP contribution is 2.19. The van der Waals surface area contributed by atoms with Gasteiger partial charge < -0.3 is 4.74 Å². The maximum atomic E-state index is 11.3. The van der Waals surface area contributed by atoms with Gasteiger partial charge in [0.1, 0.15) is 6.04 Å². The molecule has 0 aliphatic heterocycles. The van der Waals surface area contributed by atoms with Crippen molar-refractivity contribution in [2.24, 2.45) is 5.41 Å². The molecule has 0 aliphatic rings. The average Bonchev–Trinajstić information content (AvgIpc) is 2.02. The Labute approximate surface area is 79.8 Å². The summed E-state index contributed by atoms with van der Waals surface area (Å²) in [5, 5.41) is 2.95. The highest BCUT2D eigenvalue weighted by molar-refractivity contribution is 5.76. The van der Waals surface area contributed by atoms with Crippen LogP contribution in [0.4, 0.5) is 0 Å². The number of hydrogen-bond donors (Lipinski definition) is 1. The van der Waals surface area contributed by atoms with Crippen molar-refractivity contribution < 1.29 is 9.53 Å². The van der Waals surface area contributed by atoms with Gasteiger partial charge in [-0.3, -0.25) is 10.1 Å². The second kappa shape index (κ2) is 4.88. The predicted molar refractivity (Wildman–Crippen MR) is 52.1 cm³/mol. The fraction of sp³-hybridized carbons (Fsp3) is 0.700. The van der Waals surface area contributed by atoms with Gasteiger partial charge >= 0.3 is 5.97 Å². The lowest BCUT2D eigenvalue weighted by molar-refractivity contribution is -0.145. The van der Waals surface area contributed by atoms with E-state index in [0.29, 0.717) is 6.54 Å². The Balaban J connectivity index is 4.39. The van der Waals surface area contributed by atoms with Crippen LogP contribution >= 0.6 is 0 Å². The van der Waals surface area contributed by atoms with E-state index in [0.717, 1.165) is 0 Å². The van der Waals surface area contributed by atoms with Crippen LogP contribution in [-0.2, 0) is 9.53 Å². The molecule has 13 heavy (non-hydrogen) atoms. The zero-order valence-corrected chi connectivity index (χ0v) is 8.68. The summed E-state index contributed by atoms with van der Waals surface area (Å²) < 4.78 is 4.67. The largest absolute Gasteiger partial charge is 0.468 e. The fourth-order valence-electron chi connectivity index (χ4n) is 1.02. The van der Waals surface area contributed by atoms with Gasteiger partial charge in [-0.05, 0) is 5.41 Å². The van der Waals surface area contributed by atoms with Crippen molar-refractivity contribution in [2.75, 3.05) is 13.7 Å². The SMILES string of the molecule is C#CCNC(C(=O)OC)C(C)(C)C. The molecular weight excluding hydrogens is 166 g/mol. The molecule has 0 spiro atoms. The highest BCUT2D eigenvalue weighted by Gasteiger charge is 2.31. The van der Waals surface area contributed by atoms with Crippen LogP contribution < -0.4 is 5.32 Å². The van der Waals surface area contributed by atoms with Crippen molar-refractivity contribution in [3.8, 4) is 12.3 Å². The molecule has 0 aromatic heterocycles. The van der Waals surface area contributed by atoms with Crippen molar-refractivity contribution in [3.63, 3.8) is 0 Å². The van der Waals surface area contributed by atoms with E-state index in [9.17, 15) is 4.79 Å². The summed E-state index contributed by atoms with van der Waals surface area (Å²) in [6.07, 6.45) is 5.10. The molecule has 0 heterocycles. The monoisotopic (exact) mass is 183 g/mol. The molecule has 0 aromatic carbocycles. The van der Waals surface area contributed by atoms with Crippen LogP contribution in [-0.4, -0.2) is 25.7 Å². The third kappa shape index (κ3) is 3.95. The lowest BCUT2D eigenvalue weighted by atomic mass is 9.87. The second-order valence-corrected chi connectivity index (χ2v) is 3.91. The van der Waals surface area contributed by atoms with E-state index in [1.165, 1.54) is 7.11 Å². The summed E-state index contributed by atoms with van der Waals surface area (Å²) in [7, 11) is 1.37. The predicted octanol–water partition coefficient (Wildman–Crippen LogP) is 0.797. The number of methoxy groups -OCH3 is 1. The molecule has 0 rings (SSSR count). The van der Waals surface area contributed by atoms with Gasteiger partial charge in [0, 0.05) is 0 Å². The minimum Gasteiger partial charge on any atom is -0.468 e. The van der Waals surface area contributed by atoms with E-state index >= 15 is 0 Å². The topological polar surface area (TPSA) is 38.3 Å². The smallest absolute Gasteiger partial charge is 0.323 e. The van der Waals surface area contributed by atoms with E-state index in [1.807, 2.05) is 20.8 Å². The van der Waals surface area contributed by atoms with Gasteiger partial charge in [-0.2, -0.15) is 0 Å². The van der Waals surface area contributed by atoms with E-state index in [2.05, 4.69) is 16.0 Å². The van der Waals surface area contributed by atoms with Gasteiger partial charge in [0.2, 0.25) is 0 Å². The van der Waals surface area contributed by atoms with Gasteiger partial charge in [0.05, 0.1) is 13.7 Å². The number of hydrogen-bond acceptors (Lipinski definition) is 3. The molecular formula is C10H17NO2. The molecule has 3 heteroatoms. The molecule has 0 aliphatic carbocycles. The molecule has 0 bridgehead atoms. The quantitative estimate of drug-likeness (QED) is 0.519. The van der Waals surface area contributed by atoms with Crippen LogP contribution in [0.1, 0.15) is 20.8 Å². The molecule has 0 amide bonds. The minimum absolute atomic E-state index is 0.191. The normalized spacial score (nSPS) is 13.2. The lowest BCUT2D eigenvalue weighted by Crippen LogP contribution is -2.47. The summed E-state index contributed by atoms with van der Waals surface area (Å²) in [6, 6.07) is -0.353. The first kappa shape index (κ1) is 12.0. The number of nitrogens with one attached hydrogen (secondary N) is 1. The van der Waals surface area contributed by atoms with E-state index in [-0.39, 0.29) is 17.4 Å². The molecule has 3 nitrogen and oxygen atoms in total. The first-order valence-corrected chi connectivity index (χ1v) is 4.18. The zero-order chi connectivity index (χ0) is 10.5. The number of rotatable bonds is 3. The molecule has 74 valence electrons. The van der Waals surface area contributed by atoms with Crippen LogP contribution in [0.15, 0.2) is 0 Å². The van der Waals surface area contributed by atoms with Gasteiger partial charge in [0.25, 0.3) is 0 Å². The Morgan fingerprint density at radius 1 is 1.62 bits per heavy atom. The number of carbonyl (C=O) groups is 1. The van der Waals surface area contributed by atoms with Crippen LogP contribution in [0.5, 0.6) is 0 Å².